The van der Waals surface area contributed by atoms with Crippen molar-refractivity contribution < 1.29 is 12.3 Å². The average molecular weight is 287 g/mol. The first kappa shape index (κ1) is 12.7. The summed E-state index contributed by atoms with van der Waals surface area (Å²) in [5.74, 6) is 0. The van der Waals surface area contributed by atoms with Crippen LogP contribution < -0.4 is 0 Å². The minimum absolute atomic E-state index is 0.328. The van der Waals surface area contributed by atoms with Crippen molar-refractivity contribution in [2.24, 2.45) is 0 Å². The van der Waals surface area contributed by atoms with Gasteiger partial charge in [-0.2, -0.15) is 8.42 Å². The van der Waals surface area contributed by atoms with Gasteiger partial charge in [0.15, 0.2) is 0 Å². The molecular formula is C15H10FNO2S. The zero-order valence-corrected chi connectivity index (χ0v) is 11.1. The summed E-state index contributed by atoms with van der Waals surface area (Å²) in [4.78, 5) is 3.72. The smallest absolute Gasteiger partial charge is 0.264 e. The van der Waals surface area contributed by atoms with Gasteiger partial charge in [0.2, 0.25) is 0 Å². The second kappa shape index (κ2) is 4.68. The monoisotopic (exact) mass is 287 g/mol. The van der Waals surface area contributed by atoms with Crippen molar-refractivity contribution in [1.82, 2.24) is 4.98 Å². The third-order valence-corrected chi connectivity index (χ3v) is 3.94. The largest absolute Gasteiger partial charge is 0.332 e. The summed E-state index contributed by atoms with van der Waals surface area (Å²) in [5, 5.41) is 2.07. The molecule has 0 saturated carbocycles. The van der Waals surface area contributed by atoms with E-state index in [2.05, 4.69) is 4.98 Å². The Bertz CT molecular complexity index is 874. The number of halogens is 1. The molecule has 2 aromatic carbocycles. The Kier molecular flexibility index (Phi) is 2.99. The maximum Gasteiger partial charge on any atom is 0.332 e. The molecular weight excluding hydrogens is 277 g/mol. The predicted octanol–water partition coefficient (Wildman–Crippen LogP) is 3.56. The topological polar surface area (TPSA) is 47.0 Å². The summed E-state index contributed by atoms with van der Waals surface area (Å²) in [5.41, 5.74) is 1.77. The first-order valence-corrected chi connectivity index (χ1v) is 7.31. The van der Waals surface area contributed by atoms with Crippen molar-refractivity contribution in [1.29, 1.82) is 0 Å². The van der Waals surface area contributed by atoms with Crippen LogP contribution in [-0.4, -0.2) is 13.4 Å². The van der Waals surface area contributed by atoms with Gasteiger partial charge < -0.3 is 0 Å². The molecule has 0 bridgehead atoms. The number of benzene rings is 2. The molecule has 0 aliphatic carbocycles. The first-order chi connectivity index (χ1) is 9.54. The number of fused-ring (bicyclic) bond motifs is 1. The van der Waals surface area contributed by atoms with Gasteiger partial charge in [0.25, 0.3) is 0 Å². The Labute approximate surface area is 115 Å². The molecule has 0 amide bonds. The van der Waals surface area contributed by atoms with E-state index in [1.165, 1.54) is 12.1 Å². The molecule has 20 heavy (non-hydrogen) atoms. The first-order valence-electron chi connectivity index (χ1n) is 5.93. The van der Waals surface area contributed by atoms with Crippen LogP contribution in [0.1, 0.15) is 0 Å². The van der Waals surface area contributed by atoms with Crippen LogP contribution >= 0.6 is 0 Å². The number of nitrogens with zero attached hydrogens (tertiary/aromatic N) is 1. The molecule has 0 fully saturated rings. The zero-order valence-electron chi connectivity index (χ0n) is 10.3. The van der Waals surface area contributed by atoms with Crippen molar-refractivity contribution >= 4 is 21.0 Å². The third-order valence-electron chi connectivity index (χ3n) is 3.11. The Morgan fingerprint density at radius 3 is 2.25 bits per heavy atom. The Hall–Kier alpha value is -2.27. The number of aromatic nitrogens is 1. The fraction of sp³-hybridized carbons (Fsp3) is 0. The normalized spacial score (nSPS) is 11.7. The molecule has 0 N–H and O–H groups in total. The molecule has 3 aromatic rings. The number of rotatable bonds is 2. The summed E-state index contributed by atoms with van der Waals surface area (Å²) in [6.07, 6.45) is 3.49. The summed E-state index contributed by atoms with van der Waals surface area (Å²) in [6, 6.07) is 13.5. The highest BCUT2D eigenvalue weighted by Crippen LogP contribution is 2.25. The molecule has 3 nitrogen and oxygen atoms in total. The lowest BCUT2D eigenvalue weighted by atomic mass is 10.0. The second-order valence-electron chi connectivity index (χ2n) is 4.40. The summed E-state index contributed by atoms with van der Waals surface area (Å²) in [6.45, 7) is 0. The molecule has 0 saturated heterocycles. The van der Waals surface area contributed by atoms with Crippen LogP contribution in [0, 0.1) is 0 Å². The summed E-state index contributed by atoms with van der Waals surface area (Å²) < 4.78 is 34.4. The van der Waals surface area contributed by atoms with E-state index in [0.717, 1.165) is 21.9 Å². The molecule has 0 spiro atoms. The van der Waals surface area contributed by atoms with E-state index < -0.39 is 10.2 Å². The quantitative estimate of drug-likeness (QED) is 0.677. The van der Waals surface area contributed by atoms with E-state index in [9.17, 15) is 12.3 Å². The number of pyridine rings is 1. The van der Waals surface area contributed by atoms with Crippen molar-refractivity contribution in [2.45, 2.75) is 4.90 Å². The van der Waals surface area contributed by atoms with Crippen LogP contribution in [0.25, 0.3) is 21.9 Å². The van der Waals surface area contributed by atoms with Crippen LogP contribution in [-0.2, 0) is 10.2 Å². The van der Waals surface area contributed by atoms with Crippen molar-refractivity contribution in [3.63, 3.8) is 0 Å². The van der Waals surface area contributed by atoms with Gasteiger partial charge in [0.05, 0.1) is 4.90 Å². The lowest BCUT2D eigenvalue weighted by Gasteiger charge is -2.04. The van der Waals surface area contributed by atoms with Crippen molar-refractivity contribution in [3.8, 4) is 11.1 Å². The molecule has 0 aliphatic rings. The second-order valence-corrected chi connectivity index (χ2v) is 5.75. The average Bonchev–Trinajstić information content (AvgIpc) is 2.46. The van der Waals surface area contributed by atoms with Crippen LogP contribution in [0.2, 0.25) is 0 Å². The van der Waals surface area contributed by atoms with Crippen molar-refractivity contribution in [3.05, 3.63) is 60.9 Å². The molecule has 0 aliphatic heterocycles. The lowest BCUT2D eigenvalue weighted by Crippen LogP contribution is -1.91. The highest BCUT2D eigenvalue weighted by atomic mass is 32.3. The van der Waals surface area contributed by atoms with Crippen LogP contribution in [0.4, 0.5) is 3.89 Å². The Morgan fingerprint density at radius 1 is 0.850 bits per heavy atom. The zero-order chi connectivity index (χ0) is 14.2. The summed E-state index contributed by atoms with van der Waals surface area (Å²) >= 11 is 0. The number of hydrogen-bond donors (Lipinski definition) is 0. The fourth-order valence-electron chi connectivity index (χ4n) is 2.07. The van der Waals surface area contributed by atoms with Gasteiger partial charge in [0, 0.05) is 17.8 Å². The van der Waals surface area contributed by atoms with Gasteiger partial charge >= 0.3 is 10.2 Å². The molecule has 5 heteroatoms. The van der Waals surface area contributed by atoms with E-state index in [1.807, 2.05) is 24.3 Å². The van der Waals surface area contributed by atoms with Gasteiger partial charge in [-0.25, -0.2) is 0 Å². The van der Waals surface area contributed by atoms with Gasteiger partial charge in [0.1, 0.15) is 0 Å². The third kappa shape index (κ3) is 2.40. The minimum atomic E-state index is -4.64. The van der Waals surface area contributed by atoms with Gasteiger partial charge in [-0.15, -0.1) is 3.89 Å². The molecule has 0 unspecified atom stereocenters. The van der Waals surface area contributed by atoms with E-state index in [-0.39, 0.29) is 4.90 Å². The maximum absolute atomic E-state index is 12.8. The van der Waals surface area contributed by atoms with E-state index in [0.29, 0.717) is 0 Å². The van der Waals surface area contributed by atoms with Gasteiger partial charge in [-0.05, 0) is 40.8 Å². The highest BCUT2D eigenvalue weighted by Gasteiger charge is 2.11. The summed E-state index contributed by atoms with van der Waals surface area (Å²) in [7, 11) is -4.64. The standard InChI is InChI=1S/C15H10FNO2S/c16-20(18,19)15-5-3-11(4-6-15)12-1-2-14-10-17-8-7-13(14)9-12/h1-10H. The van der Waals surface area contributed by atoms with Gasteiger partial charge in [-0.3, -0.25) is 4.98 Å². The van der Waals surface area contributed by atoms with Crippen LogP contribution in [0.3, 0.4) is 0 Å². The van der Waals surface area contributed by atoms with E-state index >= 15 is 0 Å². The molecule has 100 valence electrons. The minimum Gasteiger partial charge on any atom is -0.264 e. The van der Waals surface area contributed by atoms with Crippen LogP contribution in [0.5, 0.6) is 0 Å². The molecule has 0 radical (unpaired) electrons. The fourth-order valence-corrected chi connectivity index (χ4v) is 2.53. The SMILES string of the molecule is O=S(=O)(F)c1ccc(-c2ccc3cnccc3c2)cc1. The van der Waals surface area contributed by atoms with Gasteiger partial charge in [-0.1, -0.05) is 24.3 Å². The Balaban J connectivity index is 2.07. The molecule has 0 atom stereocenters. The highest BCUT2D eigenvalue weighted by molar-refractivity contribution is 7.86. The lowest BCUT2D eigenvalue weighted by molar-refractivity contribution is 0.552. The number of hydrogen-bond acceptors (Lipinski definition) is 3. The molecule has 3 rings (SSSR count). The van der Waals surface area contributed by atoms with E-state index in [1.54, 1.807) is 24.5 Å². The maximum atomic E-state index is 12.8. The molecule has 1 heterocycles. The van der Waals surface area contributed by atoms with Crippen molar-refractivity contribution in [2.75, 3.05) is 0 Å². The Morgan fingerprint density at radius 2 is 1.55 bits per heavy atom. The van der Waals surface area contributed by atoms with E-state index in [4.69, 9.17) is 0 Å². The predicted molar refractivity (Wildman–Crippen MR) is 75.5 cm³/mol. The molecule has 1 aromatic heterocycles. The van der Waals surface area contributed by atoms with Crippen LogP contribution in [0.15, 0.2) is 65.8 Å².